The average molecular weight is 295 g/mol. The van der Waals surface area contributed by atoms with Crippen LogP contribution in [0.3, 0.4) is 0 Å². The van der Waals surface area contributed by atoms with Gasteiger partial charge < -0.3 is 10.2 Å². The van der Waals surface area contributed by atoms with Crippen LogP contribution in [0.4, 0.5) is 0 Å². The van der Waals surface area contributed by atoms with Crippen LogP contribution in [0, 0.1) is 5.92 Å². The molecule has 0 saturated carbocycles. The Labute approximate surface area is 125 Å². The lowest BCUT2D eigenvalue weighted by atomic mass is 9.95. The van der Waals surface area contributed by atoms with Gasteiger partial charge in [0.1, 0.15) is 17.3 Å². The van der Waals surface area contributed by atoms with Crippen molar-refractivity contribution in [2.45, 2.75) is 56.8 Å². The van der Waals surface area contributed by atoms with E-state index >= 15 is 0 Å². The summed E-state index contributed by atoms with van der Waals surface area (Å²) < 4.78 is 0. The first-order chi connectivity index (χ1) is 9.70. The monoisotopic (exact) mass is 295 g/mol. The molecular formula is C17H27O2S+. The second-order valence-corrected chi connectivity index (χ2v) is 8.09. The van der Waals surface area contributed by atoms with E-state index in [1.54, 1.807) is 18.2 Å². The number of hydrogen-bond acceptors (Lipinski definition) is 2. The number of benzene rings is 1. The number of aromatic hydroxyl groups is 2. The van der Waals surface area contributed by atoms with Gasteiger partial charge in [0.05, 0.1) is 0 Å². The van der Waals surface area contributed by atoms with Gasteiger partial charge in [-0.05, 0) is 30.9 Å². The molecular weight excluding hydrogens is 268 g/mol. The van der Waals surface area contributed by atoms with Gasteiger partial charge >= 0.3 is 0 Å². The van der Waals surface area contributed by atoms with Crippen LogP contribution < -0.4 is 0 Å². The summed E-state index contributed by atoms with van der Waals surface area (Å²) in [5.41, 5.74) is 0. The molecule has 0 aromatic heterocycles. The lowest BCUT2D eigenvalue weighted by molar-refractivity contribution is 0.423. The Morgan fingerprint density at radius 2 is 1.85 bits per heavy atom. The average Bonchev–Trinajstić information content (AvgIpc) is 2.47. The molecule has 0 bridgehead atoms. The van der Waals surface area contributed by atoms with Gasteiger partial charge in [0.2, 0.25) is 0 Å². The molecule has 2 nitrogen and oxygen atoms in total. The van der Waals surface area contributed by atoms with E-state index in [1.807, 2.05) is 0 Å². The van der Waals surface area contributed by atoms with Crippen LogP contribution in [0.15, 0.2) is 23.1 Å². The molecule has 1 aliphatic heterocycles. The molecule has 1 aromatic carbocycles. The number of unbranched alkanes of at least 4 members (excludes halogenated alkanes) is 3. The molecule has 2 rings (SSSR count). The van der Waals surface area contributed by atoms with Crippen LogP contribution in [-0.4, -0.2) is 21.7 Å². The molecule has 0 spiro atoms. The second kappa shape index (κ2) is 7.82. The zero-order valence-corrected chi connectivity index (χ0v) is 13.3. The molecule has 0 radical (unpaired) electrons. The maximum atomic E-state index is 9.95. The van der Waals surface area contributed by atoms with Crippen LogP contribution in [0.2, 0.25) is 0 Å². The van der Waals surface area contributed by atoms with Crippen molar-refractivity contribution in [3.8, 4) is 11.5 Å². The number of phenols is 2. The third-order valence-corrected chi connectivity index (χ3v) is 6.67. The molecule has 1 heterocycles. The summed E-state index contributed by atoms with van der Waals surface area (Å²) >= 11 is 0. The Morgan fingerprint density at radius 1 is 1.10 bits per heavy atom. The van der Waals surface area contributed by atoms with Gasteiger partial charge in [-0.1, -0.05) is 39.0 Å². The van der Waals surface area contributed by atoms with E-state index in [0.717, 1.165) is 10.8 Å². The molecule has 2 N–H and O–H groups in total. The van der Waals surface area contributed by atoms with Crippen molar-refractivity contribution in [1.29, 1.82) is 0 Å². The van der Waals surface area contributed by atoms with Crippen molar-refractivity contribution in [3.05, 3.63) is 18.2 Å². The fourth-order valence-corrected chi connectivity index (χ4v) is 5.50. The van der Waals surface area contributed by atoms with E-state index in [0.29, 0.717) is 5.75 Å². The highest BCUT2D eigenvalue weighted by Gasteiger charge is 2.32. The van der Waals surface area contributed by atoms with Gasteiger partial charge in [-0.25, -0.2) is 0 Å². The molecule has 0 aliphatic carbocycles. The molecule has 20 heavy (non-hydrogen) atoms. The first-order valence-electron chi connectivity index (χ1n) is 7.90. The maximum Gasteiger partial charge on any atom is 0.200 e. The minimum absolute atomic E-state index is 0.130. The first-order valence-corrected chi connectivity index (χ1v) is 9.46. The quantitative estimate of drug-likeness (QED) is 0.462. The minimum atomic E-state index is 0.130. The van der Waals surface area contributed by atoms with E-state index < -0.39 is 0 Å². The topological polar surface area (TPSA) is 40.5 Å². The summed E-state index contributed by atoms with van der Waals surface area (Å²) in [5, 5.41) is 19.5. The van der Waals surface area contributed by atoms with Gasteiger partial charge in [-0.3, -0.25) is 0 Å². The van der Waals surface area contributed by atoms with Crippen LogP contribution in [-0.2, 0) is 10.9 Å². The SMILES string of the molecule is CCCCCCC1CC[S+](c2cc(O)ccc2O)CC1. The molecule has 1 fully saturated rings. The Morgan fingerprint density at radius 3 is 2.55 bits per heavy atom. The Balaban J connectivity index is 1.80. The standard InChI is InChI=1S/C17H26O2S/c1-2-3-4-5-6-14-9-11-20(12-10-14)17-13-15(18)7-8-16(17)19/h7-8,13-14H,2-6,9-12H2,1H3,(H-,18,19)/p+1. The fourth-order valence-electron chi connectivity index (χ4n) is 2.97. The smallest absolute Gasteiger partial charge is 0.200 e. The largest absolute Gasteiger partial charge is 0.508 e. The minimum Gasteiger partial charge on any atom is -0.508 e. The molecule has 1 aliphatic rings. The zero-order valence-electron chi connectivity index (χ0n) is 12.5. The highest BCUT2D eigenvalue weighted by Crippen LogP contribution is 2.34. The summed E-state index contributed by atoms with van der Waals surface area (Å²) in [5.74, 6) is 3.86. The molecule has 112 valence electrons. The summed E-state index contributed by atoms with van der Waals surface area (Å²) in [4.78, 5) is 0.967. The van der Waals surface area contributed by atoms with E-state index in [9.17, 15) is 10.2 Å². The molecule has 1 aromatic rings. The maximum absolute atomic E-state index is 9.95. The predicted molar refractivity (Wildman–Crippen MR) is 86.6 cm³/mol. The third-order valence-electron chi connectivity index (χ3n) is 4.27. The Kier molecular flexibility index (Phi) is 6.08. The van der Waals surface area contributed by atoms with Gasteiger partial charge in [0.15, 0.2) is 10.6 Å². The van der Waals surface area contributed by atoms with E-state index in [-0.39, 0.29) is 16.6 Å². The van der Waals surface area contributed by atoms with Gasteiger partial charge in [0.25, 0.3) is 0 Å². The lowest BCUT2D eigenvalue weighted by Crippen LogP contribution is -2.24. The third kappa shape index (κ3) is 4.34. The van der Waals surface area contributed by atoms with Crippen LogP contribution in [0.25, 0.3) is 0 Å². The second-order valence-electron chi connectivity index (χ2n) is 5.85. The van der Waals surface area contributed by atoms with E-state index in [1.165, 1.54) is 56.5 Å². The van der Waals surface area contributed by atoms with Crippen LogP contribution in [0.1, 0.15) is 51.9 Å². The predicted octanol–water partition coefficient (Wildman–Crippen LogP) is 4.46. The van der Waals surface area contributed by atoms with Crippen molar-refractivity contribution >= 4 is 10.9 Å². The lowest BCUT2D eigenvalue weighted by Gasteiger charge is -2.22. The van der Waals surface area contributed by atoms with Crippen molar-refractivity contribution in [2.24, 2.45) is 5.92 Å². The van der Waals surface area contributed by atoms with Crippen molar-refractivity contribution < 1.29 is 10.2 Å². The zero-order chi connectivity index (χ0) is 14.4. The first kappa shape index (κ1) is 15.6. The summed E-state index contributed by atoms with van der Waals surface area (Å²) in [7, 11) is 0.130. The van der Waals surface area contributed by atoms with Crippen LogP contribution in [0.5, 0.6) is 11.5 Å². The number of hydrogen-bond donors (Lipinski definition) is 2. The molecule has 0 atom stereocenters. The Bertz CT molecular complexity index is 411. The van der Waals surface area contributed by atoms with Gasteiger partial charge in [-0.15, -0.1) is 0 Å². The number of rotatable bonds is 6. The highest BCUT2D eigenvalue weighted by atomic mass is 32.2. The van der Waals surface area contributed by atoms with Crippen LogP contribution >= 0.6 is 0 Å². The van der Waals surface area contributed by atoms with E-state index in [2.05, 4.69) is 6.92 Å². The molecule has 1 saturated heterocycles. The summed E-state index contributed by atoms with van der Waals surface area (Å²) in [6, 6.07) is 4.93. The van der Waals surface area contributed by atoms with Crippen molar-refractivity contribution in [1.82, 2.24) is 0 Å². The van der Waals surface area contributed by atoms with Gasteiger partial charge in [0, 0.05) is 17.0 Å². The molecule has 0 unspecified atom stereocenters. The Hall–Kier alpha value is -0.830. The van der Waals surface area contributed by atoms with Gasteiger partial charge in [-0.2, -0.15) is 0 Å². The van der Waals surface area contributed by atoms with E-state index in [4.69, 9.17) is 0 Å². The van der Waals surface area contributed by atoms with Crippen molar-refractivity contribution in [2.75, 3.05) is 11.5 Å². The normalized spacial score (nSPS) is 22.9. The fraction of sp³-hybridized carbons (Fsp3) is 0.647. The number of phenolic OH excluding ortho intramolecular Hbond substituents is 2. The molecule has 3 heteroatoms. The molecule has 0 amide bonds. The van der Waals surface area contributed by atoms with Crippen molar-refractivity contribution in [3.63, 3.8) is 0 Å². The summed E-state index contributed by atoms with van der Waals surface area (Å²) in [6.45, 7) is 2.26. The highest BCUT2D eigenvalue weighted by molar-refractivity contribution is 7.97. The summed E-state index contributed by atoms with van der Waals surface area (Å²) in [6.07, 6.45) is 9.38.